The van der Waals surface area contributed by atoms with Gasteiger partial charge in [0.25, 0.3) is 0 Å². The van der Waals surface area contributed by atoms with Crippen molar-refractivity contribution >= 4 is 11.0 Å². The van der Waals surface area contributed by atoms with Gasteiger partial charge in [-0.05, 0) is 49.4 Å². The van der Waals surface area contributed by atoms with Crippen LogP contribution in [0.25, 0.3) is 22.3 Å². The van der Waals surface area contributed by atoms with E-state index in [4.69, 9.17) is 0 Å². The fraction of sp³-hybridized carbons (Fsp3) is 0.379. The van der Waals surface area contributed by atoms with Gasteiger partial charge in [-0.2, -0.15) is 0 Å². The zero-order valence-corrected chi connectivity index (χ0v) is 20.8. The Morgan fingerprint density at radius 1 is 0.941 bits per heavy atom. The number of hydrogen-bond donors (Lipinski definition) is 2. The maximum atomic E-state index is 10.4. The predicted molar refractivity (Wildman–Crippen MR) is 140 cm³/mol. The first kappa shape index (κ1) is 25.3. The van der Waals surface area contributed by atoms with Gasteiger partial charge in [0, 0.05) is 18.1 Å². The lowest BCUT2D eigenvalue weighted by molar-refractivity contribution is 0.395. The van der Waals surface area contributed by atoms with E-state index in [0.29, 0.717) is 17.3 Å². The summed E-state index contributed by atoms with van der Waals surface area (Å²) >= 11 is 0. The van der Waals surface area contributed by atoms with Gasteiger partial charge >= 0.3 is 0 Å². The van der Waals surface area contributed by atoms with Gasteiger partial charge < -0.3 is 14.8 Å². The van der Waals surface area contributed by atoms with Crippen LogP contribution in [0.3, 0.4) is 0 Å². The highest BCUT2D eigenvalue weighted by molar-refractivity contribution is 5.87. The highest BCUT2D eigenvalue weighted by atomic mass is 16.3. The smallest absolute Gasteiger partial charge is 0.144 e. The molecule has 5 heteroatoms. The molecule has 0 aliphatic rings. The molecule has 180 valence electrons. The first-order valence-corrected chi connectivity index (χ1v) is 12.4. The van der Waals surface area contributed by atoms with Crippen molar-refractivity contribution in [1.82, 2.24) is 14.5 Å². The summed E-state index contributed by atoms with van der Waals surface area (Å²) in [5.74, 6) is 1.37. The predicted octanol–water partition coefficient (Wildman–Crippen LogP) is 7.28. The molecule has 34 heavy (non-hydrogen) atoms. The molecule has 2 aromatic heterocycles. The van der Waals surface area contributed by atoms with E-state index < -0.39 is 0 Å². The molecule has 0 aliphatic heterocycles. The molecule has 0 radical (unpaired) electrons. The van der Waals surface area contributed by atoms with E-state index >= 15 is 0 Å². The van der Waals surface area contributed by atoms with Crippen LogP contribution in [0.1, 0.15) is 57.8 Å². The standard InChI is InChI=1S/C21H27N3O2.C8H10/c1-4-6-8-15(5-2)13-24-17(20-18(25)9-7-10-19(20)26)11-16-12-22-14(3)23-21(16)24;1-2-8-6-4-3-5-7-8/h7,9-12,15,25-26H,4-6,8,13H2,1-3H3;3-7H,2H2,1H3/t15-;/m0./s1. The number of aromatic nitrogens is 3. The molecule has 0 amide bonds. The highest BCUT2D eigenvalue weighted by Gasteiger charge is 2.20. The first-order valence-electron chi connectivity index (χ1n) is 12.4. The molecule has 0 spiro atoms. The Kier molecular flexibility index (Phi) is 9.08. The second-order valence-corrected chi connectivity index (χ2v) is 8.76. The van der Waals surface area contributed by atoms with Gasteiger partial charge in [-0.15, -0.1) is 0 Å². The van der Waals surface area contributed by atoms with Crippen molar-refractivity contribution in [3.63, 3.8) is 0 Å². The molecule has 4 aromatic rings. The van der Waals surface area contributed by atoms with Crippen LogP contribution in [-0.2, 0) is 13.0 Å². The second kappa shape index (κ2) is 12.2. The number of phenols is 2. The van der Waals surface area contributed by atoms with Crippen molar-refractivity contribution in [3.8, 4) is 22.8 Å². The monoisotopic (exact) mass is 459 g/mol. The Morgan fingerprint density at radius 2 is 1.65 bits per heavy atom. The number of fused-ring (bicyclic) bond motifs is 1. The molecule has 2 heterocycles. The number of aryl methyl sites for hydroxylation is 2. The molecule has 2 N–H and O–H groups in total. The summed E-state index contributed by atoms with van der Waals surface area (Å²) in [5.41, 5.74) is 3.50. The Bertz CT molecular complexity index is 1160. The molecule has 0 bridgehead atoms. The van der Waals surface area contributed by atoms with Gasteiger partial charge in [0.1, 0.15) is 23.0 Å². The van der Waals surface area contributed by atoms with Crippen LogP contribution in [0, 0.1) is 12.8 Å². The number of unbranched alkanes of at least 4 members (excludes halogenated alkanes) is 1. The lowest BCUT2D eigenvalue weighted by atomic mass is 9.99. The number of phenolic OH excluding ortho intramolecular Hbond substituents is 2. The SMILES string of the molecule is CCCC[C@H](CC)Cn1c(-c2c(O)cccc2O)cc2cnc(C)nc21.CCc1ccccc1. The second-order valence-electron chi connectivity index (χ2n) is 8.76. The fourth-order valence-corrected chi connectivity index (χ4v) is 4.20. The molecule has 2 aromatic carbocycles. The van der Waals surface area contributed by atoms with Gasteiger partial charge in [-0.1, -0.05) is 76.4 Å². The summed E-state index contributed by atoms with van der Waals surface area (Å²) in [6.07, 6.45) is 7.56. The molecule has 0 aliphatic carbocycles. The largest absolute Gasteiger partial charge is 0.507 e. The highest BCUT2D eigenvalue weighted by Crippen LogP contribution is 2.40. The lowest BCUT2D eigenvalue weighted by Gasteiger charge is -2.19. The normalized spacial score (nSPS) is 11.8. The summed E-state index contributed by atoms with van der Waals surface area (Å²) in [5, 5.41) is 21.7. The van der Waals surface area contributed by atoms with Crippen LogP contribution in [0.2, 0.25) is 0 Å². The van der Waals surface area contributed by atoms with Gasteiger partial charge in [0.2, 0.25) is 0 Å². The number of aromatic hydroxyl groups is 2. The summed E-state index contributed by atoms with van der Waals surface area (Å²) < 4.78 is 2.13. The van der Waals surface area contributed by atoms with E-state index in [1.54, 1.807) is 18.2 Å². The summed E-state index contributed by atoms with van der Waals surface area (Å²) in [6.45, 7) is 9.26. The average molecular weight is 460 g/mol. The minimum absolute atomic E-state index is 0.0698. The van der Waals surface area contributed by atoms with E-state index in [2.05, 4.69) is 59.6 Å². The zero-order chi connectivity index (χ0) is 24.5. The first-order chi connectivity index (χ1) is 16.5. The Labute approximate surface area is 203 Å². The topological polar surface area (TPSA) is 71.2 Å². The zero-order valence-electron chi connectivity index (χ0n) is 20.8. The van der Waals surface area contributed by atoms with E-state index in [0.717, 1.165) is 42.5 Å². The molecular weight excluding hydrogens is 422 g/mol. The third kappa shape index (κ3) is 6.16. The van der Waals surface area contributed by atoms with Crippen LogP contribution >= 0.6 is 0 Å². The van der Waals surface area contributed by atoms with Crippen LogP contribution in [-0.4, -0.2) is 24.7 Å². The number of nitrogens with zero attached hydrogens (tertiary/aromatic N) is 3. The van der Waals surface area contributed by atoms with Gasteiger partial charge in [0.15, 0.2) is 0 Å². The molecule has 5 nitrogen and oxygen atoms in total. The van der Waals surface area contributed by atoms with E-state index in [9.17, 15) is 10.2 Å². The van der Waals surface area contributed by atoms with E-state index in [1.807, 2.05) is 25.3 Å². The van der Waals surface area contributed by atoms with Crippen LogP contribution in [0.5, 0.6) is 11.5 Å². The molecule has 0 unspecified atom stereocenters. The van der Waals surface area contributed by atoms with Crippen molar-refractivity contribution in [2.45, 2.75) is 66.3 Å². The molecule has 4 rings (SSSR count). The maximum Gasteiger partial charge on any atom is 0.144 e. The molecular formula is C29H37N3O2. The van der Waals surface area contributed by atoms with Crippen LogP contribution in [0.15, 0.2) is 60.8 Å². The average Bonchev–Trinajstić information content (AvgIpc) is 3.19. The number of hydrogen-bond acceptors (Lipinski definition) is 4. The third-order valence-corrected chi connectivity index (χ3v) is 6.27. The lowest BCUT2D eigenvalue weighted by Crippen LogP contribution is -2.12. The van der Waals surface area contributed by atoms with Gasteiger partial charge in [-0.3, -0.25) is 0 Å². The van der Waals surface area contributed by atoms with Crippen LogP contribution in [0.4, 0.5) is 0 Å². The molecule has 0 saturated heterocycles. The number of rotatable bonds is 8. The Morgan fingerprint density at radius 3 is 2.24 bits per heavy atom. The van der Waals surface area contributed by atoms with E-state index in [-0.39, 0.29) is 11.5 Å². The molecule has 0 saturated carbocycles. The van der Waals surface area contributed by atoms with Crippen molar-refractivity contribution in [2.24, 2.45) is 5.92 Å². The van der Waals surface area contributed by atoms with Crippen LogP contribution < -0.4 is 0 Å². The van der Waals surface area contributed by atoms with Crippen molar-refractivity contribution in [3.05, 3.63) is 72.2 Å². The minimum Gasteiger partial charge on any atom is -0.507 e. The third-order valence-electron chi connectivity index (χ3n) is 6.27. The molecule has 1 atom stereocenters. The Hall–Kier alpha value is -3.34. The summed E-state index contributed by atoms with van der Waals surface area (Å²) in [7, 11) is 0. The van der Waals surface area contributed by atoms with Gasteiger partial charge in [0.05, 0.1) is 11.3 Å². The molecule has 0 fully saturated rings. The van der Waals surface area contributed by atoms with Crippen molar-refractivity contribution in [2.75, 3.05) is 0 Å². The van der Waals surface area contributed by atoms with E-state index in [1.165, 1.54) is 18.4 Å². The summed E-state index contributed by atoms with van der Waals surface area (Å²) in [6, 6.07) is 17.2. The maximum absolute atomic E-state index is 10.4. The Balaban J connectivity index is 0.000000343. The number of benzene rings is 2. The van der Waals surface area contributed by atoms with Crippen molar-refractivity contribution in [1.29, 1.82) is 0 Å². The summed E-state index contributed by atoms with van der Waals surface area (Å²) in [4.78, 5) is 8.94. The minimum atomic E-state index is 0.0698. The quantitative estimate of drug-likeness (QED) is 0.290. The van der Waals surface area contributed by atoms with Crippen molar-refractivity contribution < 1.29 is 10.2 Å². The fourth-order valence-electron chi connectivity index (χ4n) is 4.20. The van der Waals surface area contributed by atoms with Gasteiger partial charge in [-0.25, -0.2) is 9.97 Å².